The second-order valence-corrected chi connectivity index (χ2v) is 7.67. The number of ether oxygens (including phenoxy) is 1. The van der Waals surface area contributed by atoms with Crippen LogP contribution in [0, 0.1) is 0 Å². The van der Waals surface area contributed by atoms with Crippen LogP contribution < -0.4 is 4.90 Å². The molecule has 4 nitrogen and oxygen atoms in total. The first kappa shape index (κ1) is 17.6. The Balaban J connectivity index is 1.57. The van der Waals surface area contributed by atoms with E-state index in [0.717, 1.165) is 67.0 Å². The zero-order valence-electron chi connectivity index (χ0n) is 14.1. The highest BCUT2D eigenvalue weighted by atomic mass is 35.5. The molecular formula is C18H24ClN3OS. The molecule has 24 heavy (non-hydrogen) atoms. The van der Waals surface area contributed by atoms with Gasteiger partial charge in [0.25, 0.3) is 0 Å². The molecule has 130 valence electrons. The van der Waals surface area contributed by atoms with Gasteiger partial charge in [-0.2, -0.15) is 0 Å². The van der Waals surface area contributed by atoms with Gasteiger partial charge in [0, 0.05) is 31.1 Å². The highest BCUT2D eigenvalue weighted by molar-refractivity contribution is 7.15. The number of halogens is 1. The molecule has 1 unspecified atom stereocenters. The Labute approximate surface area is 152 Å². The molecule has 1 aromatic carbocycles. The third-order valence-corrected chi connectivity index (χ3v) is 5.46. The first-order valence-electron chi connectivity index (χ1n) is 8.68. The maximum Gasteiger partial charge on any atom is 0.208 e. The molecule has 0 spiro atoms. The van der Waals surface area contributed by atoms with Gasteiger partial charge >= 0.3 is 0 Å². The van der Waals surface area contributed by atoms with Crippen molar-refractivity contribution in [2.24, 2.45) is 0 Å². The van der Waals surface area contributed by atoms with Crippen molar-refractivity contribution in [3.8, 4) is 0 Å². The number of rotatable bonds is 6. The Kier molecular flexibility index (Phi) is 6.46. The summed E-state index contributed by atoms with van der Waals surface area (Å²) in [5, 5.41) is 11.6. The second kappa shape index (κ2) is 8.79. The van der Waals surface area contributed by atoms with Gasteiger partial charge in [-0.05, 0) is 43.4 Å². The van der Waals surface area contributed by atoms with Gasteiger partial charge in [-0.3, -0.25) is 0 Å². The fraction of sp³-hybridized carbons (Fsp3) is 0.556. The van der Waals surface area contributed by atoms with Crippen molar-refractivity contribution in [3.05, 3.63) is 39.9 Å². The molecule has 3 rings (SSSR count). The van der Waals surface area contributed by atoms with Crippen molar-refractivity contribution in [1.29, 1.82) is 0 Å². The Morgan fingerprint density at radius 2 is 2.04 bits per heavy atom. The van der Waals surface area contributed by atoms with E-state index in [2.05, 4.69) is 22.0 Å². The van der Waals surface area contributed by atoms with Crippen LogP contribution in [-0.2, 0) is 11.2 Å². The molecule has 1 aromatic heterocycles. The standard InChI is InChI=1S/C18H24ClN3OS/c1-2-12-23-16-4-3-10-22(11-9-16)18-21-20-17(24-18)13-14-5-7-15(19)8-6-14/h5-8,16H,2-4,9-13H2,1H3. The van der Waals surface area contributed by atoms with Crippen molar-refractivity contribution < 1.29 is 4.74 Å². The highest BCUT2D eigenvalue weighted by Crippen LogP contribution is 2.26. The van der Waals surface area contributed by atoms with E-state index in [1.165, 1.54) is 5.56 Å². The summed E-state index contributed by atoms with van der Waals surface area (Å²) in [6, 6.07) is 7.93. The lowest BCUT2D eigenvalue weighted by atomic mass is 10.2. The number of benzene rings is 1. The number of nitrogens with zero attached hydrogens (tertiary/aromatic N) is 3. The van der Waals surface area contributed by atoms with Crippen LogP contribution in [0.3, 0.4) is 0 Å². The Bertz CT molecular complexity index is 631. The minimum atomic E-state index is 0.399. The molecule has 0 amide bonds. The maximum atomic E-state index is 5.94. The first-order chi connectivity index (χ1) is 11.7. The highest BCUT2D eigenvalue weighted by Gasteiger charge is 2.20. The van der Waals surface area contributed by atoms with Crippen molar-refractivity contribution in [2.45, 2.75) is 45.1 Å². The lowest BCUT2D eigenvalue weighted by Gasteiger charge is -2.18. The molecule has 0 radical (unpaired) electrons. The van der Waals surface area contributed by atoms with Crippen LogP contribution in [0.4, 0.5) is 5.13 Å². The summed E-state index contributed by atoms with van der Waals surface area (Å²) in [4.78, 5) is 2.36. The van der Waals surface area contributed by atoms with Crippen LogP contribution in [-0.4, -0.2) is 36.0 Å². The molecule has 1 saturated heterocycles. The molecule has 0 N–H and O–H groups in total. The van der Waals surface area contributed by atoms with E-state index in [9.17, 15) is 0 Å². The molecular weight excluding hydrogens is 342 g/mol. The van der Waals surface area contributed by atoms with E-state index in [0.29, 0.717) is 6.10 Å². The largest absolute Gasteiger partial charge is 0.378 e. The van der Waals surface area contributed by atoms with Crippen LogP contribution >= 0.6 is 22.9 Å². The average molecular weight is 366 g/mol. The van der Waals surface area contributed by atoms with Gasteiger partial charge in [0.15, 0.2) is 0 Å². The number of anilines is 1. The Morgan fingerprint density at radius 3 is 2.83 bits per heavy atom. The number of hydrogen-bond acceptors (Lipinski definition) is 5. The molecule has 0 bridgehead atoms. The summed E-state index contributed by atoms with van der Waals surface area (Å²) >= 11 is 7.63. The van der Waals surface area contributed by atoms with Gasteiger partial charge in [0.2, 0.25) is 5.13 Å². The molecule has 1 aliphatic heterocycles. The maximum absolute atomic E-state index is 5.94. The van der Waals surface area contributed by atoms with E-state index in [-0.39, 0.29) is 0 Å². The normalized spacial score (nSPS) is 18.6. The zero-order chi connectivity index (χ0) is 16.8. The quantitative estimate of drug-likeness (QED) is 0.751. The van der Waals surface area contributed by atoms with Gasteiger partial charge < -0.3 is 9.64 Å². The zero-order valence-corrected chi connectivity index (χ0v) is 15.7. The van der Waals surface area contributed by atoms with Crippen molar-refractivity contribution in [3.63, 3.8) is 0 Å². The predicted octanol–water partition coefficient (Wildman–Crippen LogP) is 4.57. The second-order valence-electron chi connectivity index (χ2n) is 6.19. The fourth-order valence-electron chi connectivity index (χ4n) is 2.93. The molecule has 6 heteroatoms. The molecule has 0 aliphatic carbocycles. The van der Waals surface area contributed by atoms with Crippen LogP contribution in [0.15, 0.2) is 24.3 Å². The van der Waals surface area contributed by atoms with Crippen LogP contribution in [0.1, 0.15) is 43.2 Å². The molecule has 0 saturated carbocycles. The van der Waals surface area contributed by atoms with E-state index in [4.69, 9.17) is 16.3 Å². The van der Waals surface area contributed by atoms with Gasteiger partial charge in [0.1, 0.15) is 5.01 Å². The number of aromatic nitrogens is 2. The summed E-state index contributed by atoms with van der Waals surface area (Å²) in [6.07, 6.45) is 5.67. The third kappa shape index (κ3) is 4.91. The summed E-state index contributed by atoms with van der Waals surface area (Å²) in [5.41, 5.74) is 1.21. The molecule has 2 heterocycles. The molecule has 1 fully saturated rings. The number of hydrogen-bond donors (Lipinski definition) is 0. The molecule has 2 aromatic rings. The van der Waals surface area contributed by atoms with Gasteiger partial charge in [-0.25, -0.2) is 0 Å². The summed E-state index contributed by atoms with van der Waals surface area (Å²) in [5.74, 6) is 0. The third-order valence-electron chi connectivity index (χ3n) is 4.23. The monoisotopic (exact) mass is 365 g/mol. The van der Waals surface area contributed by atoms with Crippen molar-refractivity contribution >= 4 is 28.1 Å². The van der Waals surface area contributed by atoms with Gasteiger partial charge in [0.05, 0.1) is 6.10 Å². The SMILES string of the molecule is CCCOC1CCCN(c2nnc(Cc3ccc(Cl)cc3)s2)CC1. The van der Waals surface area contributed by atoms with E-state index in [1.54, 1.807) is 11.3 Å². The Morgan fingerprint density at radius 1 is 1.21 bits per heavy atom. The minimum absolute atomic E-state index is 0.399. The fourth-order valence-corrected chi connectivity index (χ4v) is 3.98. The smallest absolute Gasteiger partial charge is 0.208 e. The summed E-state index contributed by atoms with van der Waals surface area (Å²) < 4.78 is 5.92. The van der Waals surface area contributed by atoms with Crippen LogP contribution in [0.25, 0.3) is 0 Å². The van der Waals surface area contributed by atoms with E-state index >= 15 is 0 Å². The van der Waals surface area contributed by atoms with E-state index in [1.807, 2.05) is 24.3 Å². The lowest BCUT2D eigenvalue weighted by Crippen LogP contribution is -2.24. The summed E-state index contributed by atoms with van der Waals surface area (Å²) in [6.45, 7) is 5.08. The molecule has 1 atom stereocenters. The van der Waals surface area contributed by atoms with Gasteiger partial charge in [-0.15, -0.1) is 10.2 Å². The van der Waals surface area contributed by atoms with Crippen molar-refractivity contribution in [1.82, 2.24) is 10.2 Å². The predicted molar refractivity (Wildman–Crippen MR) is 100 cm³/mol. The summed E-state index contributed by atoms with van der Waals surface area (Å²) in [7, 11) is 0. The Hall–Kier alpha value is -1.17. The minimum Gasteiger partial charge on any atom is -0.378 e. The van der Waals surface area contributed by atoms with Gasteiger partial charge in [-0.1, -0.05) is 42.0 Å². The topological polar surface area (TPSA) is 38.2 Å². The van der Waals surface area contributed by atoms with E-state index < -0.39 is 0 Å². The first-order valence-corrected chi connectivity index (χ1v) is 9.87. The van der Waals surface area contributed by atoms with Crippen LogP contribution in [0.5, 0.6) is 0 Å². The molecule has 1 aliphatic rings. The van der Waals surface area contributed by atoms with Crippen LogP contribution in [0.2, 0.25) is 5.02 Å². The van der Waals surface area contributed by atoms with Crippen molar-refractivity contribution in [2.75, 3.05) is 24.6 Å². The lowest BCUT2D eigenvalue weighted by molar-refractivity contribution is 0.0461. The average Bonchev–Trinajstić information content (AvgIpc) is 2.92.